The zero-order chi connectivity index (χ0) is 13.9. The Bertz CT molecular complexity index is 722. The van der Waals surface area contributed by atoms with Gasteiger partial charge in [-0.05, 0) is 24.7 Å². The Labute approximate surface area is 117 Å². The maximum Gasteiger partial charge on any atom is 0.136 e. The van der Waals surface area contributed by atoms with E-state index in [1.165, 1.54) is 0 Å². The number of furan rings is 1. The van der Waals surface area contributed by atoms with E-state index in [0.29, 0.717) is 13.0 Å². The first-order chi connectivity index (χ1) is 9.79. The smallest absolute Gasteiger partial charge is 0.136 e. The molecule has 0 amide bonds. The van der Waals surface area contributed by atoms with Crippen LogP contribution in [0.2, 0.25) is 0 Å². The third kappa shape index (κ3) is 2.23. The fourth-order valence-electron chi connectivity index (χ4n) is 2.17. The van der Waals surface area contributed by atoms with E-state index in [1.807, 2.05) is 42.3 Å². The molecule has 0 saturated carbocycles. The zero-order valence-electron chi connectivity index (χ0n) is 11.3. The van der Waals surface area contributed by atoms with Crippen molar-refractivity contribution in [2.75, 3.05) is 18.5 Å². The van der Waals surface area contributed by atoms with Gasteiger partial charge >= 0.3 is 0 Å². The largest absolute Gasteiger partial charge is 0.462 e. The number of fused-ring (bicyclic) bond motifs is 1. The molecule has 5 nitrogen and oxygen atoms in total. The molecule has 0 radical (unpaired) electrons. The van der Waals surface area contributed by atoms with Crippen molar-refractivity contribution in [2.24, 2.45) is 5.73 Å². The molecule has 1 aromatic carbocycles. The number of hydrogen-bond acceptors (Lipinski definition) is 5. The number of para-hydroxylation sites is 1. The van der Waals surface area contributed by atoms with Crippen LogP contribution in [0.25, 0.3) is 11.0 Å². The monoisotopic (exact) mass is 268 g/mol. The second kappa shape index (κ2) is 5.30. The Morgan fingerprint density at radius 3 is 2.95 bits per heavy atom. The maximum absolute atomic E-state index is 5.56. The predicted octanol–water partition coefficient (Wildman–Crippen LogP) is 2.49. The average Bonchev–Trinajstić information content (AvgIpc) is 2.91. The van der Waals surface area contributed by atoms with Crippen molar-refractivity contribution in [3.8, 4) is 0 Å². The van der Waals surface area contributed by atoms with Crippen LogP contribution in [0.5, 0.6) is 0 Å². The van der Waals surface area contributed by atoms with Gasteiger partial charge in [-0.2, -0.15) is 0 Å². The molecule has 0 saturated heterocycles. The minimum atomic E-state index is 0.543. The number of rotatable bonds is 4. The third-order valence-corrected chi connectivity index (χ3v) is 3.22. The summed E-state index contributed by atoms with van der Waals surface area (Å²) in [6.07, 6.45) is 4.18. The molecule has 2 heterocycles. The third-order valence-electron chi connectivity index (χ3n) is 3.22. The van der Waals surface area contributed by atoms with Crippen LogP contribution >= 0.6 is 0 Å². The lowest BCUT2D eigenvalue weighted by Gasteiger charge is -2.17. The topological polar surface area (TPSA) is 68.2 Å². The van der Waals surface area contributed by atoms with Crippen LogP contribution in [0.15, 0.2) is 47.2 Å². The molecule has 0 aliphatic heterocycles. The van der Waals surface area contributed by atoms with Crippen molar-refractivity contribution in [1.82, 2.24) is 9.97 Å². The Morgan fingerprint density at radius 1 is 1.25 bits per heavy atom. The van der Waals surface area contributed by atoms with Gasteiger partial charge in [-0.15, -0.1) is 0 Å². The van der Waals surface area contributed by atoms with E-state index in [2.05, 4.69) is 9.97 Å². The molecule has 0 fully saturated rings. The lowest BCUT2D eigenvalue weighted by atomic mass is 10.2. The second-order valence-corrected chi connectivity index (χ2v) is 4.55. The highest BCUT2D eigenvalue weighted by Crippen LogP contribution is 2.31. The summed E-state index contributed by atoms with van der Waals surface area (Å²) in [5.74, 6) is 1.58. The molecule has 0 bridgehead atoms. The van der Waals surface area contributed by atoms with E-state index in [9.17, 15) is 0 Å². The molecule has 0 aliphatic carbocycles. The van der Waals surface area contributed by atoms with Gasteiger partial charge in [0.15, 0.2) is 0 Å². The highest BCUT2D eigenvalue weighted by atomic mass is 16.3. The van der Waals surface area contributed by atoms with Crippen LogP contribution in [0.4, 0.5) is 11.5 Å². The maximum atomic E-state index is 5.56. The number of aromatic nitrogens is 2. The molecular weight excluding hydrogens is 252 g/mol. The Morgan fingerprint density at radius 2 is 2.10 bits per heavy atom. The lowest BCUT2D eigenvalue weighted by molar-refractivity contribution is 0.615. The van der Waals surface area contributed by atoms with E-state index in [1.54, 1.807) is 12.5 Å². The molecule has 20 heavy (non-hydrogen) atoms. The van der Waals surface area contributed by atoms with Gasteiger partial charge in [0.25, 0.3) is 0 Å². The van der Waals surface area contributed by atoms with Gasteiger partial charge in [0, 0.05) is 25.1 Å². The molecule has 102 valence electrons. The van der Waals surface area contributed by atoms with E-state index in [-0.39, 0.29) is 0 Å². The average molecular weight is 268 g/mol. The minimum absolute atomic E-state index is 0.543. The molecule has 3 aromatic rings. The molecule has 0 atom stereocenters. The summed E-state index contributed by atoms with van der Waals surface area (Å²) in [6, 6.07) is 9.82. The van der Waals surface area contributed by atoms with Gasteiger partial charge in [-0.25, -0.2) is 9.97 Å². The summed E-state index contributed by atoms with van der Waals surface area (Å²) >= 11 is 0. The van der Waals surface area contributed by atoms with Gasteiger partial charge in [0.1, 0.15) is 23.5 Å². The Kier molecular flexibility index (Phi) is 3.35. The van der Waals surface area contributed by atoms with Crippen molar-refractivity contribution in [3.05, 3.63) is 48.6 Å². The highest BCUT2D eigenvalue weighted by Gasteiger charge is 2.12. The number of anilines is 2. The summed E-state index contributed by atoms with van der Waals surface area (Å²) in [5.41, 5.74) is 7.40. The zero-order valence-corrected chi connectivity index (χ0v) is 11.3. The molecule has 2 aromatic heterocycles. The Hall–Kier alpha value is -2.40. The molecule has 3 rings (SSSR count). The van der Waals surface area contributed by atoms with Crippen LogP contribution < -0.4 is 10.6 Å². The standard InChI is InChI=1S/C15H16N4O/c1-19(15-7-9-17-14(18-15)6-8-16)12-10-20-13-5-3-2-4-11(12)13/h2-5,7,9-10H,6,8,16H2,1H3. The number of hydrogen-bond donors (Lipinski definition) is 1. The quantitative estimate of drug-likeness (QED) is 0.787. The highest BCUT2D eigenvalue weighted by molar-refractivity contribution is 5.92. The SMILES string of the molecule is CN(c1ccnc(CCN)n1)c1coc2ccccc12. The predicted molar refractivity (Wildman–Crippen MR) is 79.1 cm³/mol. The van der Waals surface area contributed by atoms with Gasteiger partial charge in [0.05, 0.1) is 5.69 Å². The van der Waals surface area contributed by atoms with Crippen molar-refractivity contribution in [2.45, 2.75) is 6.42 Å². The fourth-order valence-corrected chi connectivity index (χ4v) is 2.17. The summed E-state index contributed by atoms with van der Waals surface area (Å²) in [5, 5.41) is 1.06. The molecule has 0 aliphatic rings. The van der Waals surface area contributed by atoms with Gasteiger partial charge < -0.3 is 15.1 Å². The van der Waals surface area contributed by atoms with Crippen LogP contribution in [0.3, 0.4) is 0 Å². The van der Waals surface area contributed by atoms with Crippen molar-refractivity contribution in [1.29, 1.82) is 0 Å². The van der Waals surface area contributed by atoms with Crippen molar-refractivity contribution < 1.29 is 4.42 Å². The first-order valence-corrected chi connectivity index (χ1v) is 6.51. The van der Waals surface area contributed by atoms with Crippen molar-refractivity contribution in [3.63, 3.8) is 0 Å². The summed E-state index contributed by atoms with van der Waals surface area (Å²) in [4.78, 5) is 10.7. The molecule has 0 unspecified atom stereocenters. The number of nitrogens with zero attached hydrogens (tertiary/aromatic N) is 3. The number of benzene rings is 1. The first kappa shape index (κ1) is 12.6. The Balaban J connectivity index is 1.99. The minimum Gasteiger partial charge on any atom is -0.462 e. The summed E-state index contributed by atoms with van der Waals surface area (Å²) < 4.78 is 5.56. The van der Waals surface area contributed by atoms with E-state index >= 15 is 0 Å². The molecular formula is C15H16N4O. The van der Waals surface area contributed by atoms with E-state index in [4.69, 9.17) is 10.2 Å². The molecule has 5 heteroatoms. The van der Waals surface area contributed by atoms with Crippen LogP contribution in [0, 0.1) is 0 Å². The van der Waals surface area contributed by atoms with E-state index < -0.39 is 0 Å². The van der Waals surface area contributed by atoms with Gasteiger partial charge in [-0.3, -0.25) is 0 Å². The second-order valence-electron chi connectivity index (χ2n) is 4.55. The summed E-state index contributed by atoms with van der Waals surface area (Å²) in [6.45, 7) is 0.543. The number of nitrogens with two attached hydrogens (primary N) is 1. The lowest BCUT2D eigenvalue weighted by Crippen LogP contribution is -2.13. The van der Waals surface area contributed by atoms with Gasteiger partial charge in [-0.1, -0.05) is 12.1 Å². The normalized spacial score (nSPS) is 10.9. The van der Waals surface area contributed by atoms with Crippen molar-refractivity contribution >= 4 is 22.5 Å². The van der Waals surface area contributed by atoms with Crippen LogP contribution in [-0.4, -0.2) is 23.6 Å². The molecule has 2 N–H and O–H groups in total. The van der Waals surface area contributed by atoms with E-state index in [0.717, 1.165) is 28.3 Å². The fraction of sp³-hybridized carbons (Fsp3) is 0.200. The van der Waals surface area contributed by atoms with Crippen LogP contribution in [-0.2, 0) is 6.42 Å². The first-order valence-electron chi connectivity index (χ1n) is 6.51. The van der Waals surface area contributed by atoms with Crippen LogP contribution in [0.1, 0.15) is 5.82 Å². The summed E-state index contributed by atoms with van der Waals surface area (Å²) in [7, 11) is 1.96. The van der Waals surface area contributed by atoms with Gasteiger partial charge in [0.2, 0.25) is 0 Å². The molecule has 0 spiro atoms.